The first kappa shape index (κ1) is 37.7. The van der Waals surface area contributed by atoms with Gasteiger partial charge in [-0.3, -0.25) is 0 Å². The zero-order chi connectivity index (χ0) is 2.71. The topological polar surface area (TPSA) is 60.3 Å². The van der Waals surface area contributed by atoms with E-state index in [0.717, 1.165) is 0 Å². The van der Waals surface area contributed by atoms with Gasteiger partial charge >= 0.3 is 29.6 Å². The van der Waals surface area contributed by atoms with Gasteiger partial charge in [0.2, 0.25) is 0 Å². The zero-order valence-electron chi connectivity index (χ0n) is 2.80. The Kier molecular flexibility index (Phi) is 255. The Morgan fingerprint density at radius 3 is 1.29 bits per heavy atom. The van der Waals surface area contributed by atoms with Crippen molar-refractivity contribution in [1.82, 2.24) is 0 Å². The molecule has 1 N–H and O–H groups in total. The van der Waals surface area contributed by atoms with Crippen molar-refractivity contribution in [3.63, 3.8) is 0 Å². The summed E-state index contributed by atoms with van der Waals surface area (Å²) in [6, 6.07) is 0. The van der Waals surface area contributed by atoms with Gasteiger partial charge < -0.3 is 0 Å². The fraction of sp³-hybridized carbons (Fsp3) is 0. The van der Waals surface area contributed by atoms with Crippen LogP contribution in [0.2, 0.25) is 0 Å². The Morgan fingerprint density at radius 1 is 1.29 bits per heavy atom. The number of rotatable bonds is 0. The third-order valence-corrected chi connectivity index (χ3v) is 0. The van der Waals surface area contributed by atoms with Crippen molar-refractivity contribution in [3.05, 3.63) is 10.4 Å². The molecule has 0 radical (unpaired) electrons. The predicted octanol–water partition coefficient (Wildman–Crippen LogP) is 0.450. The molecule has 7 heteroatoms. The zero-order valence-corrected chi connectivity index (χ0v) is 6.81. The summed E-state index contributed by atoms with van der Waals surface area (Å²) in [5, 5.41) is 0. The molecule has 0 saturated carbocycles. The summed E-state index contributed by atoms with van der Waals surface area (Å²) in [5.41, 5.74) is 12.2. The first-order valence-electron chi connectivity index (χ1n) is 0.424. The molecule has 0 rings (SSSR count). The molecule has 0 bridgehead atoms. The van der Waals surface area contributed by atoms with Crippen LogP contribution in [-0.2, 0) is 21.1 Å². The van der Waals surface area contributed by atoms with E-state index in [9.17, 15) is 0 Å². The standard InChI is InChI=1S/Mo.HN3.Na.2H2S.H/c;1-3-2;;;;/h;1H;;2*1H2;. The molecule has 3 nitrogen and oxygen atoms in total. The van der Waals surface area contributed by atoms with Crippen molar-refractivity contribution in [1.29, 1.82) is 5.53 Å². The maximum absolute atomic E-state index is 6.86. The molecule has 7 heavy (non-hydrogen) atoms. The Morgan fingerprint density at radius 2 is 1.29 bits per heavy atom. The van der Waals surface area contributed by atoms with E-state index in [1.165, 1.54) is 0 Å². The van der Waals surface area contributed by atoms with Crippen LogP contribution in [0, 0.1) is 5.53 Å². The van der Waals surface area contributed by atoms with E-state index >= 15 is 0 Å². The number of nitrogens with one attached hydrogen (secondary N) is 1. The van der Waals surface area contributed by atoms with Gasteiger partial charge in [0.15, 0.2) is 0 Å². The molecule has 0 saturated heterocycles. The van der Waals surface area contributed by atoms with Crippen LogP contribution >= 0.6 is 27.0 Å². The minimum atomic E-state index is 0. The predicted molar refractivity (Wildman–Crippen MR) is 37.3 cm³/mol. The Hall–Kier alpha value is 1.70. The van der Waals surface area contributed by atoms with Gasteiger partial charge in [-0.05, 0) is 10.4 Å². The molecule has 0 amide bonds. The second-order valence-electron chi connectivity index (χ2n) is 0.100. The van der Waals surface area contributed by atoms with E-state index in [2.05, 4.69) is 0 Å². The van der Waals surface area contributed by atoms with Crippen LogP contribution in [0.4, 0.5) is 0 Å². The van der Waals surface area contributed by atoms with Crippen LogP contribution in [0.3, 0.4) is 0 Å². The third-order valence-electron chi connectivity index (χ3n) is 0. The number of hydrogen-bond donors (Lipinski definition) is 1. The van der Waals surface area contributed by atoms with Gasteiger partial charge in [0, 0.05) is 21.1 Å². The molecule has 0 aliphatic carbocycles. The van der Waals surface area contributed by atoms with E-state index < -0.39 is 0 Å². The van der Waals surface area contributed by atoms with Crippen molar-refractivity contribution in [2.45, 2.75) is 0 Å². The monoisotopic (exact) mass is 233 g/mol. The molecule has 0 aromatic carbocycles. The average molecular weight is 231 g/mol. The molecule has 0 fully saturated rings. The molecule has 0 aliphatic heterocycles. The first-order chi connectivity index (χ1) is 1.41. The minimum absolute atomic E-state index is 0. The van der Waals surface area contributed by atoms with E-state index in [-0.39, 0.29) is 77.6 Å². The van der Waals surface area contributed by atoms with Gasteiger partial charge in [0.25, 0.3) is 0 Å². The normalized spacial score (nSPS) is 1.14. The summed E-state index contributed by atoms with van der Waals surface area (Å²) in [6.45, 7) is 0. The molecular weight excluding hydrogens is 225 g/mol. The van der Waals surface area contributed by atoms with Gasteiger partial charge in [-0.2, -0.15) is 27.0 Å². The number of nitrogens with zero attached hydrogens (tertiary/aromatic N) is 2. The van der Waals surface area contributed by atoms with Crippen molar-refractivity contribution >= 4 is 56.5 Å². The van der Waals surface area contributed by atoms with Crippen LogP contribution < -0.4 is 0 Å². The van der Waals surface area contributed by atoms with Crippen molar-refractivity contribution in [3.8, 4) is 0 Å². The van der Waals surface area contributed by atoms with Gasteiger partial charge in [-0.1, -0.05) is 0 Å². The van der Waals surface area contributed by atoms with Gasteiger partial charge in [-0.15, -0.1) is 5.53 Å². The van der Waals surface area contributed by atoms with Crippen molar-refractivity contribution < 1.29 is 21.1 Å². The Balaban J connectivity index is -0.00000000333. The molecule has 40 valence electrons. The summed E-state index contributed by atoms with van der Waals surface area (Å²) >= 11 is 0. The first-order valence-corrected chi connectivity index (χ1v) is 0.424. The van der Waals surface area contributed by atoms with Crippen LogP contribution in [-0.4, -0.2) is 29.6 Å². The third kappa shape index (κ3) is 86.7. The van der Waals surface area contributed by atoms with Gasteiger partial charge in [-0.25, -0.2) is 0 Å². The molecule has 0 aliphatic rings. The van der Waals surface area contributed by atoms with E-state index in [4.69, 9.17) is 11.1 Å². The van der Waals surface area contributed by atoms with Gasteiger partial charge in [0.1, 0.15) is 0 Å². The Labute approximate surface area is 92.5 Å². The van der Waals surface area contributed by atoms with E-state index in [0.29, 0.717) is 0 Å². The van der Waals surface area contributed by atoms with Crippen LogP contribution in [0.5, 0.6) is 0 Å². The summed E-state index contributed by atoms with van der Waals surface area (Å²) < 4.78 is 0. The summed E-state index contributed by atoms with van der Waals surface area (Å²) in [4.78, 5) is 1.75. The molecule has 0 heterocycles. The molecule has 0 unspecified atom stereocenters. The van der Waals surface area contributed by atoms with E-state index in [1.807, 2.05) is 0 Å². The van der Waals surface area contributed by atoms with Crippen molar-refractivity contribution in [2.24, 2.45) is 0 Å². The second kappa shape index (κ2) is 47.4. The molecule has 0 atom stereocenters. The summed E-state index contributed by atoms with van der Waals surface area (Å²) in [6.07, 6.45) is 0. The molecule has 0 spiro atoms. The number of hydrogen-bond acceptors (Lipinski definition) is 1. The van der Waals surface area contributed by atoms with Crippen LogP contribution in [0.1, 0.15) is 0 Å². The maximum atomic E-state index is 6.86. The van der Waals surface area contributed by atoms with Crippen molar-refractivity contribution in [2.75, 3.05) is 0 Å². The molecule has 0 aromatic rings. The van der Waals surface area contributed by atoms with Crippen LogP contribution in [0.15, 0.2) is 0 Å². The summed E-state index contributed by atoms with van der Waals surface area (Å²) in [5.74, 6) is 0. The summed E-state index contributed by atoms with van der Waals surface area (Å²) in [7, 11) is 0. The van der Waals surface area contributed by atoms with Crippen LogP contribution in [0.25, 0.3) is 10.4 Å². The van der Waals surface area contributed by atoms with E-state index in [1.54, 1.807) is 4.91 Å². The molecule has 0 aromatic heterocycles. The fourth-order valence-electron chi connectivity index (χ4n) is 0. The quantitative estimate of drug-likeness (QED) is 0.272. The fourth-order valence-corrected chi connectivity index (χ4v) is 0. The Bertz CT molecular complexity index is 33.9. The molecular formula is H6MoN3NaS2. The van der Waals surface area contributed by atoms with Gasteiger partial charge in [0.05, 0.1) is 0 Å². The second-order valence-corrected chi connectivity index (χ2v) is 0.100. The SMILES string of the molecule is S.S.[Mo].[N-]=[N+]=N.[NaH]. The average Bonchev–Trinajstić information content (AvgIpc) is 0.918.